The Morgan fingerprint density at radius 3 is 2.63 bits per heavy atom. The fourth-order valence-electron chi connectivity index (χ4n) is 1.11. The molecule has 1 aromatic carbocycles. The topological polar surface area (TPSA) is 104 Å². The molecule has 0 aliphatic rings. The zero-order valence-electron chi connectivity index (χ0n) is 10.9. The number of hydrogen-bond donors (Lipinski definition) is 3. The van der Waals surface area contributed by atoms with Crippen molar-refractivity contribution in [3.8, 4) is 0 Å². The number of nitrogens with one attached hydrogen (secondary N) is 2. The van der Waals surface area contributed by atoms with E-state index in [4.69, 9.17) is 15.9 Å². The van der Waals surface area contributed by atoms with Gasteiger partial charge in [0.2, 0.25) is 11.9 Å². The largest absolute Gasteiger partial charge is 0.444 e. The van der Waals surface area contributed by atoms with Gasteiger partial charge in [-0.1, -0.05) is 30.3 Å². The van der Waals surface area contributed by atoms with Gasteiger partial charge < -0.3 is 15.4 Å². The lowest BCUT2D eigenvalue weighted by atomic mass is 10.2. The summed E-state index contributed by atoms with van der Waals surface area (Å²) in [5.41, 5.74) is 6.32. The highest BCUT2D eigenvalue weighted by Crippen LogP contribution is 2.00. The van der Waals surface area contributed by atoms with Crippen LogP contribution >= 0.6 is 0 Å². The summed E-state index contributed by atoms with van der Waals surface area (Å²) in [4.78, 5) is 16.5. The van der Waals surface area contributed by atoms with Crippen LogP contribution in [0.25, 0.3) is 0 Å². The SMILES string of the molecule is CN(C)C(=N)N=C(N)NC(=O)OCc1ccccc1. The molecule has 0 bridgehead atoms. The third-order valence-electron chi connectivity index (χ3n) is 2.09. The van der Waals surface area contributed by atoms with E-state index in [0.29, 0.717) is 0 Å². The van der Waals surface area contributed by atoms with E-state index in [-0.39, 0.29) is 18.5 Å². The average Bonchev–Trinajstić information content (AvgIpc) is 2.37. The first kappa shape index (κ1) is 14.5. The number of nitrogens with two attached hydrogens (primary N) is 1. The van der Waals surface area contributed by atoms with Crippen molar-refractivity contribution in [2.24, 2.45) is 10.7 Å². The highest BCUT2D eigenvalue weighted by molar-refractivity contribution is 5.99. The lowest BCUT2D eigenvalue weighted by Gasteiger charge is -2.10. The van der Waals surface area contributed by atoms with Crippen LogP contribution in [0.1, 0.15) is 5.56 Å². The molecule has 1 amide bonds. The summed E-state index contributed by atoms with van der Waals surface area (Å²) >= 11 is 0. The van der Waals surface area contributed by atoms with Crippen molar-refractivity contribution in [1.82, 2.24) is 10.2 Å². The molecule has 0 aliphatic carbocycles. The molecule has 0 saturated carbocycles. The van der Waals surface area contributed by atoms with Crippen LogP contribution in [-0.2, 0) is 11.3 Å². The highest BCUT2D eigenvalue weighted by Gasteiger charge is 2.05. The Morgan fingerprint density at radius 1 is 1.42 bits per heavy atom. The number of benzene rings is 1. The molecule has 7 nitrogen and oxygen atoms in total. The van der Waals surface area contributed by atoms with Crippen LogP contribution in [-0.4, -0.2) is 37.0 Å². The molecule has 4 N–H and O–H groups in total. The molecular weight excluding hydrogens is 246 g/mol. The quantitative estimate of drug-likeness (QED) is 0.540. The van der Waals surface area contributed by atoms with Crippen molar-refractivity contribution in [2.45, 2.75) is 6.61 Å². The van der Waals surface area contributed by atoms with E-state index in [0.717, 1.165) is 5.56 Å². The molecule has 0 unspecified atom stereocenters. The van der Waals surface area contributed by atoms with Crippen LogP contribution < -0.4 is 11.1 Å². The minimum absolute atomic E-state index is 0.0686. The van der Waals surface area contributed by atoms with Gasteiger partial charge in [0.15, 0.2) is 0 Å². The maximum absolute atomic E-state index is 11.4. The molecule has 7 heteroatoms. The summed E-state index contributed by atoms with van der Waals surface area (Å²) in [7, 11) is 3.29. The molecule has 0 aliphatic heterocycles. The van der Waals surface area contributed by atoms with Crippen LogP contribution in [0, 0.1) is 5.41 Å². The second-order valence-corrected chi connectivity index (χ2v) is 3.90. The number of alkyl carbamates (subject to hydrolysis) is 1. The Kier molecular flexibility index (Phi) is 5.34. The molecule has 0 aromatic heterocycles. The number of hydrogen-bond acceptors (Lipinski definition) is 3. The Balaban J connectivity index is 2.41. The number of aliphatic imine (C=N–C) groups is 1. The normalized spacial score (nSPS) is 10.7. The zero-order chi connectivity index (χ0) is 14.3. The summed E-state index contributed by atoms with van der Waals surface area (Å²) in [5.74, 6) is -0.252. The number of carbonyl (C=O) groups excluding carboxylic acids is 1. The van der Waals surface area contributed by atoms with Gasteiger partial charge in [0, 0.05) is 14.1 Å². The van der Waals surface area contributed by atoms with E-state index in [1.807, 2.05) is 30.3 Å². The van der Waals surface area contributed by atoms with Crippen LogP contribution in [0.15, 0.2) is 35.3 Å². The number of ether oxygens (including phenoxy) is 1. The van der Waals surface area contributed by atoms with Gasteiger partial charge in [0.25, 0.3) is 0 Å². The summed E-state index contributed by atoms with van der Waals surface area (Å²) in [5, 5.41) is 9.66. The fraction of sp³-hybridized carbons (Fsp3) is 0.250. The van der Waals surface area contributed by atoms with Gasteiger partial charge >= 0.3 is 6.09 Å². The Bertz CT molecular complexity index is 470. The van der Waals surface area contributed by atoms with Crippen molar-refractivity contribution in [2.75, 3.05) is 14.1 Å². The molecule has 19 heavy (non-hydrogen) atoms. The first-order chi connectivity index (χ1) is 8.99. The van der Waals surface area contributed by atoms with E-state index in [9.17, 15) is 4.79 Å². The zero-order valence-corrected chi connectivity index (χ0v) is 10.9. The average molecular weight is 263 g/mol. The number of amides is 1. The minimum atomic E-state index is -0.711. The molecule has 0 spiro atoms. The third kappa shape index (κ3) is 5.53. The third-order valence-corrected chi connectivity index (χ3v) is 2.09. The summed E-state index contributed by atoms with van der Waals surface area (Å²) in [6.45, 7) is 0.144. The van der Waals surface area contributed by atoms with Gasteiger partial charge in [0.05, 0.1) is 0 Å². The fourth-order valence-corrected chi connectivity index (χ4v) is 1.11. The molecule has 1 aromatic rings. The van der Waals surface area contributed by atoms with Crippen molar-refractivity contribution >= 4 is 18.0 Å². The molecule has 0 heterocycles. The number of guanidine groups is 2. The Morgan fingerprint density at radius 2 is 2.05 bits per heavy atom. The lowest BCUT2D eigenvalue weighted by Crippen LogP contribution is -2.38. The second kappa shape index (κ2) is 7.00. The van der Waals surface area contributed by atoms with Crippen molar-refractivity contribution in [3.63, 3.8) is 0 Å². The number of rotatable bonds is 2. The number of nitrogens with zero attached hydrogens (tertiary/aromatic N) is 2. The van der Waals surface area contributed by atoms with Gasteiger partial charge in [-0.15, -0.1) is 0 Å². The van der Waals surface area contributed by atoms with E-state index >= 15 is 0 Å². The van der Waals surface area contributed by atoms with E-state index in [1.54, 1.807) is 14.1 Å². The maximum atomic E-state index is 11.4. The minimum Gasteiger partial charge on any atom is -0.444 e. The van der Waals surface area contributed by atoms with Gasteiger partial charge in [-0.25, -0.2) is 4.79 Å². The first-order valence-electron chi connectivity index (χ1n) is 5.57. The molecule has 1 rings (SSSR count). The molecule has 0 radical (unpaired) electrons. The summed E-state index contributed by atoms with van der Waals surface area (Å²) in [6.07, 6.45) is -0.711. The van der Waals surface area contributed by atoms with Crippen LogP contribution in [0.2, 0.25) is 0 Å². The molecule has 0 saturated heterocycles. The molecule has 102 valence electrons. The monoisotopic (exact) mass is 263 g/mol. The first-order valence-corrected chi connectivity index (χ1v) is 5.57. The van der Waals surface area contributed by atoms with Gasteiger partial charge in [-0.2, -0.15) is 4.99 Å². The predicted octanol–water partition coefficient (Wildman–Crippen LogP) is 0.724. The van der Waals surface area contributed by atoms with Gasteiger partial charge in [-0.3, -0.25) is 10.7 Å². The maximum Gasteiger partial charge on any atom is 0.414 e. The molecule has 0 fully saturated rings. The van der Waals surface area contributed by atoms with E-state index in [2.05, 4.69) is 10.3 Å². The van der Waals surface area contributed by atoms with Crippen LogP contribution in [0.5, 0.6) is 0 Å². The van der Waals surface area contributed by atoms with Crippen molar-refractivity contribution in [3.05, 3.63) is 35.9 Å². The Labute approximate surface area is 111 Å². The lowest BCUT2D eigenvalue weighted by molar-refractivity contribution is 0.145. The summed E-state index contributed by atoms with van der Waals surface area (Å²) < 4.78 is 4.95. The van der Waals surface area contributed by atoms with Crippen LogP contribution in [0.3, 0.4) is 0 Å². The van der Waals surface area contributed by atoms with Crippen molar-refractivity contribution in [1.29, 1.82) is 5.41 Å². The molecular formula is C12H17N5O2. The standard InChI is InChI=1S/C12H17N5O2/c1-17(2)11(14)15-10(13)16-12(18)19-8-9-6-4-3-5-7-9/h3-7H,8H2,1-2H3,(H4,13,14,15,16,18). The van der Waals surface area contributed by atoms with E-state index in [1.165, 1.54) is 4.90 Å². The highest BCUT2D eigenvalue weighted by atomic mass is 16.5. The smallest absolute Gasteiger partial charge is 0.414 e. The van der Waals surface area contributed by atoms with Gasteiger partial charge in [0.1, 0.15) is 6.61 Å². The summed E-state index contributed by atoms with van der Waals surface area (Å²) in [6, 6.07) is 9.26. The van der Waals surface area contributed by atoms with Crippen molar-refractivity contribution < 1.29 is 9.53 Å². The Hall–Kier alpha value is -2.57. The number of carbonyl (C=O) groups is 1. The second-order valence-electron chi connectivity index (χ2n) is 3.90. The molecule has 0 atom stereocenters. The predicted molar refractivity (Wildman–Crippen MR) is 72.8 cm³/mol. The van der Waals surface area contributed by atoms with E-state index < -0.39 is 6.09 Å². The van der Waals surface area contributed by atoms with Crippen LogP contribution in [0.4, 0.5) is 4.79 Å². The van der Waals surface area contributed by atoms with Gasteiger partial charge in [-0.05, 0) is 5.56 Å².